The Morgan fingerprint density at radius 2 is 1.96 bits per heavy atom. The molecule has 0 spiro atoms. The summed E-state index contributed by atoms with van der Waals surface area (Å²) in [6, 6.07) is 15.4. The maximum atomic E-state index is 12.3. The maximum absolute atomic E-state index is 12.3. The maximum Gasteiger partial charge on any atom is 0.336 e. The summed E-state index contributed by atoms with van der Waals surface area (Å²) >= 11 is 0. The lowest BCUT2D eigenvalue weighted by Crippen LogP contribution is -2.38. The molecular formula is C23H25NO3. The monoisotopic (exact) mass is 363 g/mol. The fraction of sp³-hybridized carbons (Fsp3) is 0.348. The summed E-state index contributed by atoms with van der Waals surface area (Å²) in [4.78, 5) is 14.7. The van der Waals surface area contributed by atoms with E-state index in [9.17, 15) is 9.90 Å². The summed E-state index contributed by atoms with van der Waals surface area (Å²) < 4.78 is 5.60. The molecule has 4 nitrogen and oxygen atoms in total. The van der Waals surface area contributed by atoms with Crippen molar-refractivity contribution in [1.29, 1.82) is 0 Å². The molecule has 1 atom stereocenters. The number of hydrogen-bond donors (Lipinski definition) is 1. The predicted octanol–water partition coefficient (Wildman–Crippen LogP) is 4.93. The molecule has 1 N–H and O–H groups in total. The minimum absolute atomic E-state index is 0.191. The Hall–Kier alpha value is -2.59. The normalized spacial score (nSPS) is 18.0. The Morgan fingerprint density at radius 3 is 2.74 bits per heavy atom. The zero-order valence-electron chi connectivity index (χ0n) is 15.6. The van der Waals surface area contributed by atoms with Crippen LogP contribution in [0.3, 0.4) is 0 Å². The van der Waals surface area contributed by atoms with Crippen LogP contribution in [0.4, 0.5) is 0 Å². The third-order valence-electron chi connectivity index (χ3n) is 5.66. The smallest absolute Gasteiger partial charge is 0.336 e. The molecule has 1 aliphatic heterocycles. The third-order valence-corrected chi connectivity index (χ3v) is 5.66. The van der Waals surface area contributed by atoms with Gasteiger partial charge in [-0.05, 0) is 49.1 Å². The largest absolute Gasteiger partial charge is 0.507 e. The number of rotatable bonds is 4. The van der Waals surface area contributed by atoms with Crippen LogP contribution in [0.5, 0.6) is 5.75 Å². The summed E-state index contributed by atoms with van der Waals surface area (Å²) in [6.45, 7) is 3.82. The molecule has 4 rings (SSSR count). The van der Waals surface area contributed by atoms with Crippen molar-refractivity contribution in [3.63, 3.8) is 0 Å². The lowest BCUT2D eigenvalue weighted by molar-refractivity contribution is 0.135. The van der Waals surface area contributed by atoms with Crippen molar-refractivity contribution in [3.8, 4) is 16.9 Å². The van der Waals surface area contributed by atoms with Gasteiger partial charge in [-0.15, -0.1) is 0 Å². The quantitative estimate of drug-likeness (QED) is 0.668. The van der Waals surface area contributed by atoms with E-state index in [-0.39, 0.29) is 11.4 Å². The number of phenols is 1. The topological polar surface area (TPSA) is 53.7 Å². The van der Waals surface area contributed by atoms with Crippen LogP contribution in [0.15, 0.2) is 57.7 Å². The van der Waals surface area contributed by atoms with Crippen LogP contribution in [-0.4, -0.2) is 22.6 Å². The first-order chi connectivity index (χ1) is 13.2. The van der Waals surface area contributed by atoms with Crippen LogP contribution in [0.1, 0.15) is 38.2 Å². The van der Waals surface area contributed by atoms with E-state index in [1.54, 1.807) is 6.07 Å². The Kier molecular flexibility index (Phi) is 4.99. The summed E-state index contributed by atoms with van der Waals surface area (Å²) in [5, 5.41) is 11.4. The SMILES string of the molecule is CC[C@H]1CCCCN1Cc1c(O)ccc2c(-c3ccccc3)cc(=O)oc12. The van der Waals surface area contributed by atoms with Crippen LogP contribution in [0.25, 0.3) is 22.1 Å². The average Bonchev–Trinajstić information content (AvgIpc) is 2.70. The molecule has 1 saturated heterocycles. The molecule has 140 valence electrons. The van der Waals surface area contributed by atoms with Gasteiger partial charge in [0.1, 0.15) is 11.3 Å². The highest BCUT2D eigenvalue weighted by molar-refractivity contribution is 5.95. The fourth-order valence-electron chi connectivity index (χ4n) is 4.21. The summed E-state index contributed by atoms with van der Waals surface area (Å²) in [5.74, 6) is 0.191. The molecule has 1 aromatic heterocycles. The Balaban J connectivity index is 1.85. The number of likely N-dealkylation sites (tertiary alicyclic amines) is 1. The molecule has 0 saturated carbocycles. The van der Waals surface area contributed by atoms with Crippen LogP contribution < -0.4 is 5.63 Å². The first kappa shape index (κ1) is 17.8. The molecule has 0 unspecified atom stereocenters. The van der Waals surface area contributed by atoms with Crippen molar-refractivity contribution in [2.45, 2.75) is 45.2 Å². The summed E-state index contributed by atoms with van der Waals surface area (Å²) in [5.41, 5.74) is 2.63. The highest BCUT2D eigenvalue weighted by Crippen LogP contribution is 2.35. The zero-order chi connectivity index (χ0) is 18.8. The molecule has 0 bridgehead atoms. The average molecular weight is 363 g/mol. The summed E-state index contributed by atoms with van der Waals surface area (Å²) in [6.07, 6.45) is 4.69. The van der Waals surface area contributed by atoms with Gasteiger partial charge < -0.3 is 9.52 Å². The van der Waals surface area contributed by atoms with Gasteiger partial charge in [-0.25, -0.2) is 4.79 Å². The third kappa shape index (κ3) is 3.50. The number of benzene rings is 2. The molecule has 0 amide bonds. The first-order valence-electron chi connectivity index (χ1n) is 9.75. The van der Waals surface area contributed by atoms with Crippen molar-refractivity contribution in [3.05, 3.63) is 64.5 Å². The number of phenolic OH excluding ortho intramolecular Hbond substituents is 1. The van der Waals surface area contributed by atoms with Crippen molar-refractivity contribution >= 4 is 11.0 Å². The van der Waals surface area contributed by atoms with E-state index >= 15 is 0 Å². The van der Waals surface area contributed by atoms with Crippen molar-refractivity contribution in [2.24, 2.45) is 0 Å². The Bertz CT molecular complexity index is 994. The van der Waals surface area contributed by atoms with Crippen LogP contribution in [0, 0.1) is 0 Å². The molecule has 0 aliphatic carbocycles. The number of nitrogens with zero attached hydrogens (tertiary/aromatic N) is 1. The van der Waals surface area contributed by atoms with Gasteiger partial charge in [0.15, 0.2) is 0 Å². The highest BCUT2D eigenvalue weighted by atomic mass is 16.4. The van der Waals surface area contributed by atoms with Gasteiger partial charge in [0.05, 0.1) is 5.56 Å². The Morgan fingerprint density at radius 1 is 1.15 bits per heavy atom. The standard InChI is InChI=1S/C23H25NO3/c1-2-17-10-6-7-13-24(17)15-20-21(25)12-11-18-19(14-22(26)27-23(18)20)16-8-4-3-5-9-16/h3-5,8-9,11-12,14,17,25H,2,6-7,10,13,15H2,1H3/t17-/m0/s1. The molecule has 1 aliphatic rings. The number of hydrogen-bond acceptors (Lipinski definition) is 4. The van der Waals surface area contributed by atoms with E-state index in [0.717, 1.165) is 29.5 Å². The van der Waals surface area contributed by atoms with Crippen LogP contribution in [0.2, 0.25) is 0 Å². The molecule has 2 heterocycles. The lowest BCUT2D eigenvalue weighted by Gasteiger charge is -2.35. The van der Waals surface area contributed by atoms with Crippen LogP contribution >= 0.6 is 0 Å². The van der Waals surface area contributed by atoms with Gasteiger partial charge in [-0.3, -0.25) is 4.90 Å². The van der Waals surface area contributed by atoms with E-state index in [1.807, 2.05) is 36.4 Å². The van der Waals surface area contributed by atoms with Crippen molar-refractivity contribution in [2.75, 3.05) is 6.54 Å². The van der Waals surface area contributed by atoms with Gasteiger partial charge >= 0.3 is 5.63 Å². The number of piperidine rings is 1. The molecule has 3 aromatic rings. The predicted molar refractivity (Wildman–Crippen MR) is 108 cm³/mol. The molecular weight excluding hydrogens is 338 g/mol. The van der Waals surface area contributed by atoms with Gasteiger partial charge in [-0.2, -0.15) is 0 Å². The first-order valence-corrected chi connectivity index (χ1v) is 9.75. The number of fused-ring (bicyclic) bond motifs is 1. The van der Waals surface area contributed by atoms with E-state index in [1.165, 1.54) is 25.3 Å². The van der Waals surface area contributed by atoms with Gasteiger partial charge in [0.2, 0.25) is 0 Å². The second kappa shape index (κ2) is 7.57. The second-order valence-electron chi connectivity index (χ2n) is 7.31. The van der Waals surface area contributed by atoms with E-state index < -0.39 is 0 Å². The molecule has 2 aromatic carbocycles. The van der Waals surface area contributed by atoms with Gasteiger partial charge in [0, 0.05) is 24.0 Å². The van der Waals surface area contributed by atoms with Crippen molar-refractivity contribution < 1.29 is 9.52 Å². The molecule has 1 fully saturated rings. The molecule has 27 heavy (non-hydrogen) atoms. The minimum atomic E-state index is -0.390. The number of aromatic hydroxyl groups is 1. The summed E-state index contributed by atoms with van der Waals surface area (Å²) in [7, 11) is 0. The van der Waals surface area contributed by atoms with E-state index in [2.05, 4.69) is 11.8 Å². The Labute approximate surface area is 159 Å². The molecule has 0 radical (unpaired) electrons. The fourth-order valence-corrected chi connectivity index (χ4v) is 4.21. The minimum Gasteiger partial charge on any atom is -0.507 e. The lowest BCUT2D eigenvalue weighted by atomic mass is 9.97. The van der Waals surface area contributed by atoms with Gasteiger partial charge in [0.25, 0.3) is 0 Å². The zero-order valence-corrected chi connectivity index (χ0v) is 15.6. The van der Waals surface area contributed by atoms with Crippen LogP contribution in [-0.2, 0) is 6.54 Å². The second-order valence-corrected chi connectivity index (χ2v) is 7.31. The van der Waals surface area contributed by atoms with Gasteiger partial charge in [-0.1, -0.05) is 43.7 Å². The van der Waals surface area contributed by atoms with E-state index in [4.69, 9.17) is 4.42 Å². The highest BCUT2D eigenvalue weighted by Gasteiger charge is 2.24. The van der Waals surface area contributed by atoms with Crippen molar-refractivity contribution in [1.82, 2.24) is 4.90 Å². The molecule has 4 heteroatoms. The van der Waals surface area contributed by atoms with E-state index in [0.29, 0.717) is 23.7 Å².